The van der Waals surface area contributed by atoms with E-state index in [1.165, 1.54) is 4.90 Å². The number of carbonyl (C=O) groups excluding carboxylic acids is 1. The van der Waals surface area contributed by atoms with Crippen LogP contribution in [0.3, 0.4) is 0 Å². The van der Waals surface area contributed by atoms with Gasteiger partial charge in [-0.25, -0.2) is 0 Å². The summed E-state index contributed by atoms with van der Waals surface area (Å²) in [4.78, 5) is 60.1. The molecule has 12 heteroatoms. The third-order valence-corrected chi connectivity index (χ3v) is 5.71. The Morgan fingerprint density at radius 2 is 1.38 bits per heavy atom. The van der Waals surface area contributed by atoms with Gasteiger partial charge in [-0.05, 0) is 36.1 Å². The normalized spacial score (nSPS) is 11.9. The first-order chi connectivity index (χ1) is 17.6. The summed E-state index contributed by atoms with van der Waals surface area (Å²) >= 11 is 0. The molecule has 2 aromatic carbocycles. The Balaban J connectivity index is 1.93. The quantitative estimate of drug-likeness (QED) is 0.189. The first-order valence-corrected chi connectivity index (χ1v) is 11.7. The molecule has 12 nitrogen and oxygen atoms in total. The molecule has 2 aromatic rings. The number of fused-ring (bicyclic) bond motifs is 1. The summed E-state index contributed by atoms with van der Waals surface area (Å²) in [7, 11) is 0. The maximum Gasteiger partial charge on any atom is 0.320 e. The summed E-state index contributed by atoms with van der Waals surface area (Å²) in [5, 5.41) is 41.5. The average Bonchev–Trinajstić information content (AvgIpc) is 2.82. The van der Waals surface area contributed by atoms with Gasteiger partial charge in [0.05, 0.1) is 19.6 Å². The molecule has 1 amide bonds. The summed E-state index contributed by atoms with van der Waals surface area (Å²) in [5.41, 5.74) is 0.529. The predicted molar refractivity (Wildman–Crippen MR) is 132 cm³/mol. The van der Waals surface area contributed by atoms with Crippen molar-refractivity contribution in [1.29, 1.82) is 0 Å². The van der Waals surface area contributed by atoms with Crippen LogP contribution in [-0.4, -0.2) is 105 Å². The molecule has 0 bridgehead atoms. The van der Waals surface area contributed by atoms with Crippen LogP contribution in [0.25, 0.3) is 10.8 Å². The van der Waals surface area contributed by atoms with Gasteiger partial charge in [-0.1, -0.05) is 36.4 Å². The summed E-state index contributed by atoms with van der Waals surface area (Å²) in [6, 6.07) is 11.7. The van der Waals surface area contributed by atoms with Crippen LogP contribution in [0.4, 0.5) is 0 Å². The smallest absolute Gasteiger partial charge is 0.320 e. The van der Waals surface area contributed by atoms with Crippen LogP contribution >= 0.6 is 0 Å². The molecule has 2 rings (SSSR count). The highest BCUT2D eigenvalue weighted by molar-refractivity contribution is 6.06. The number of aliphatic carboxylic acids is 4. The Morgan fingerprint density at radius 1 is 0.757 bits per heavy atom. The van der Waals surface area contributed by atoms with E-state index in [1.807, 2.05) is 30.3 Å². The second-order valence-electron chi connectivity index (χ2n) is 8.49. The highest BCUT2D eigenvalue weighted by atomic mass is 16.4. The molecule has 0 aliphatic rings. The fourth-order valence-corrected chi connectivity index (χ4v) is 4.03. The van der Waals surface area contributed by atoms with Crippen molar-refractivity contribution in [1.82, 2.24) is 15.1 Å². The van der Waals surface area contributed by atoms with E-state index in [4.69, 9.17) is 10.2 Å². The molecule has 0 aromatic heterocycles. The number of nitrogens with one attached hydrogen (secondary N) is 1. The Morgan fingerprint density at radius 3 is 2.00 bits per heavy atom. The van der Waals surface area contributed by atoms with Crippen LogP contribution in [0.5, 0.6) is 0 Å². The average molecular weight is 518 g/mol. The molecule has 0 unspecified atom stereocenters. The van der Waals surface area contributed by atoms with E-state index >= 15 is 0 Å². The van der Waals surface area contributed by atoms with Crippen molar-refractivity contribution >= 4 is 40.6 Å². The molecule has 1 atom stereocenters. The van der Waals surface area contributed by atoms with E-state index in [0.717, 1.165) is 15.7 Å². The van der Waals surface area contributed by atoms with Crippen molar-refractivity contribution in [3.8, 4) is 0 Å². The molecule has 0 spiro atoms. The van der Waals surface area contributed by atoms with Crippen molar-refractivity contribution in [2.24, 2.45) is 0 Å². The van der Waals surface area contributed by atoms with E-state index in [1.54, 1.807) is 12.1 Å². The van der Waals surface area contributed by atoms with Gasteiger partial charge in [0.25, 0.3) is 5.91 Å². The number of carboxylic acid groups (broad SMARTS) is 4. The van der Waals surface area contributed by atoms with E-state index in [-0.39, 0.29) is 25.4 Å². The molecule has 0 radical (unpaired) electrons. The maximum absolute atomic E-state index is 12.6. The highest BCUT2D eigenvalue weighted by Gasteiger charge is 2.28. The van der Waals surface area contributed by atoms with Gasteiger partial charge in [-0.3, -0.25) is 33.8 Å². The second kappa shape index (κ2) is 14.5. The number of rotatable bonds is 17. The largest absolute Gasteiger partial charge is 0.480 e. The summed E-state index contributed by atoms with van der Waals surface area (Å²) in [6.07, 6.45) is 0.910. The van der Waals surface area contributed by atoms with Crippen molar-refractivity contribution in [3.63, 3.8) is 0 Å². The van der Waals surface area contributed by atoms with E-state index in [0.29, 0.717) is 24.9 Å². The molecule has 200 valence electrons. The SMILES string of the molecule is O=C(O)CN(CCN(CC(=O)O)[C@@H](CCCCNC(=O)c1cccc2ccccc12)C(=O)O)CC(=O)O. The zero-order valence-corrected chi connectivity index (χ0v) is 20.2. The third-order valence-electron chi connectivity index (χ3n) is 5.71. The lowest BCUT2D eigenvalue weighted by Crippen LogP contribution is -2.48. The Bertz CT molecular complexity index is 1100. The number of unbranched alkanes of at least 4 members (excludes halogenated alkanes) is 1. The Hall–Kier alpha value is -4.03. The first-order valence-electron chi connectivity index (χ1n) is 11.7. The number of hydrogen-bond donors (Lipinski definition) is 5. The minimum absolute atomic E-state index is 0.0879. The third kappa shape index (κ3) is 9.86. The molecular formula is C25H31N3O9. The standard InChI is InChI=1S/C25H31N3O9/c29-21(30)14-27(15-22(31)32)12-13-28(16-23(33)34)20(25(36)37)10-3-4-11-26-24(35)19-9-5-7-17-6-1-2-8-18(17)19/h1-2,5-9,20H,3-4,10-16H2,(H,26,35)(H,29,30)(H,31,32)(H,33,34)(H,36,37)/t20-/m0/s1. The van der Waals surface area contributed by atoms with Gasteiger partial charge in [0.15, 0.2) is 0 Å². The van der Waals surface area contributed by atoms with Gasteiger partial charge < -0.3 is 25.7 Å². The van der Waals surface area contributed by atoms with Crippen LogP contribution in [0.1, 0.15) is 29.6 Å². The summed E-state index contributed by atoms with van der Waals surface area (Å²) < 4.78 is 0. The fraction of sp³-hybridized carbons (Fsp3) is 0.400. The monoisotopic (exact) mass is 517 g/mol. The number of carbonyl (C=O) groups is 5. The molecule has 0 heterocycles. The van der Waals surface area contributed by atoms with Crippen molar-refractivity contribution in [2.75, 3.05) is 39.3 Å². The summed E-state index contributed by atoms with van der Waals surface area (Å²) in [5.74, 6) is -5.28. The zero-order valence-electron chi connectivity index (χ0n) is 20.2. The molecule has 0 aliphatic carbocycles. The molecule has 0 aliphatic heterocycles. The van der Waals surface area contributed by atoms with E-state index < -0.39 is 49.6 Å². The molecule has 5 N–H and O–H groups in total. The lowest BCUT2D eigenvalue weighted by Gasteiger charge is -2.29. The minimum Gasteiger partial charge on any atom is -0.480 e. The molecule has 0 fully saturated rings. The highest BCUT2D eigenvalue weighted by Crippen LogP contribution is 2.18. The Kier molecular flexibility index (Phi) is 11.5. The van der Waals surface area contributed by atoms with Crippen LogP contribution < -0.4 is 5.32 Å². The van der Waals surface area contributed by atoms with Crippen LogP contribution in [0.15, 0.2) is 42.5 Å². The van der Waals surface area contributed by atoms with Crippen molar-refractivity contribution < 1.29 is 44.4 Å². The van der Waals surface area contributed by atoms with Gasteiger partial charge in [-0.2, -0.15) is 0 Å². The van der Waals surface area contributed by atoms with E-state index in [2.05, 4.69) is 5.32 Å². The molecule has 37 heavy (non-hydrogen) atoms. The number of nitrogens with zero attached hydrogens (tertiary/aromatic N) is 2. The van der Waals surface area contributed by atoms with Gasteiger partial charge in [-0.15, -0.1) is 0 Å². The molecular weight excluding hydrogens is 486 g/mol. The molecule has 0 saturated heterocycles. The minimum atomic E-state index is -1.27. The number of amides is 1. The molecule has 0 saturated carbocycles. The van der Waals surface area contributed by atoms with Crippen LogP contribution in [-0.2, 0) is 19.2 Å². The maximum atomic E-state index is 12.6. The fourth-order valence-electron chi connectivity index (χ4n) is 4.03. The zero-order chi connectivity index (χ0) is 27.4. The first kappa shape index (κ1) is 29.2. The van der Waals surface area contributed by atoms with Gasteiger partial charge in [0, 0.05) is 25.2 Å². The van der Waals surface area contributed by atoms with Crippen LogP contribution in [0, 0.1) is 0 Å². The number of benzene rings is 2. The van der Waals surface area contributed by atoms with Gasteiger partial charge in [0.1, 0.15) is 6.04 Å². The van der Waals surface area contributed by atoms with Gasteiger partial charge >= 0.3 is 23.9 Å². The summed E-state index contributed by atoms with van der Waals surface area (Å²) in [6.45, 7) is -1.78. The van der Waals surface area contributed by atoms with Gasteiger partial charge in [0.2, 0.25) is 0 Å². The van der Waals surface area contributed by atoms with Crippen LogP contribution in [0.2, 0.25) is 0 Å². The van der Waals surface area contributed by atoms with E-state index in [9.17, 15) is 34.2 Å². The lowest BCUT2D eigenvalue weighted by molar-refractivity contribution is -0.148. The van der Waals surface area contributed by atoms with Crippen molar-refractivity contribution in [2.45, 2.75) is 25.3 Å². The second-order valence-corrected chi connectivity index (χ2v) is 8.49. The number of carboxylic acids is 4. The predicted octanol–water partition coefficient (Wildman–Crippen LogP) is 1.05. The lowest BCUT2D eigenvalue weighted by atomic mass is 10.0. The number of hydrogen-bond acceptors (Lipinski definition) is 7. The Labute approximate surface area is 213 Å². The topological polar surface area (TPSA) is 185 Å². The van der Waals surface area contributed by atoms with Crippen molar-refractivity contribution in [3.05, 3.63) is 48.0 Å².